The fourth-order valence-corrected chi connectivity index (χ4v) is 2.40. The first-order valence-corrected chi connectivity index (χ1v) is 6.18. The van der Waals surface area contributed by atoms with Crippen LogP contribution < -0.4 is 0 Å². The van der Waals surface area contributed by atoms with Crippen molar-refractivity contribution in [2.24, 2.45) is 0 Å². The Hall–Kier alpha value is -1.33. The van der Waals surface area contributed by atoms with Crippen molar-refractivity contribution in [2.45, 2.75) is 25.9 Å². The number of hydrogen-bond donors (Lipinski definition) is 1. The van der Waals surface area contributed by atoms with Crippen molar-refractivity contribution in [2.75, 3.05) is 27.2 Å². The first kappa shape index (κ1) is 13.1. The summed E-state index contributed by atoms with van der Waals surface area (Å²) in [6, 6.07) is 2.23. The summed E-state index contributed by atoms with van der Waals surface area (Å²) < 4.78 is 5.22. The monoisotopic (exact) mass is 252 g/mol. The van der Waals surface area contributed by atoms with Crippen LogP contribution >= 0.6 is 0 Å². The normalized spacial score (nSPS) is 20.8. The smallest absolute Gasteiger partial charge is 0.371 e. The molecule has 0 bridgehead atoms. The Kier molecular flexibility index (Phi) is 3.73. The molecule has 1 aliphatic heterocycles. The fourth-order valence-electron chi connectivity index (χ4n) is 2.40. The Balaban J connectivity index is 2.00. The summed E-state index contributed by atoms with van der Waals surface area (Å²) in [5, 5.41) is 8.88. The molecule has 1 aliphatic rings. The van der Waals surface area contributed by atoms with Gasteiger partial charge in [-0.3, -0.25) is 4.90 Å². The largest absolute Gasteiger partial charge is 0.475 e. The number of carboxylic acid groups (broad SMARTS) is 1. The van der Waals surface area contributed by atoms with E-state index in [9.17, 15) is 4.79 Å². The minimum absolute atomic E-state index is 0.0332. The molecule has 0 spiro atoms. The van der Waals surface area contributed by atoms with E-state index in [4.69, 9.17) is 9.52 Å². The number of likely N-dealkylation sites (tertiary alicyclic amines) is 1. The van der Waals surface area contributed by atoms with E-state index < -0.39 is 5.97 Å². The maximum atomic E-state index is 10.8. The van der Waals surface area contributed by atoms with Crippen LogP contribution in [0.25, 0.3) is 0 Å². The minimum atomic E-state index is -1.00. The number of likely N-dealkylation sites (N-methyl/N-ethyl adjacent to an activating group) is 1. The van der Waals surface area contributed by atoms with Gasteiger partial charge in [0.25, 0.3) is 0 Å². The van der Waals surface area contributed by atoms with Gasteiger partial charge in [0.2, 0.25) is 5.76 Å². The highest BCUT2D eigenvalue weighted by Gasteiger charge is 2.25. The van der Waals surface area contributed by atoms with Gasteiger partial charge in [-0.05, 0) is 33.5 Å². The van der Waals surface area contributed by atoms with E-state index in [-0.39, 0.29) is 5.76 Å². The summed E-state index contributed by atoms with van der Waals surface area (Å²) in [7, 11) is 4.19. The Morgan fingerprint density at radius 2 is 2.33 bits per heavy atom. The molecular formula is C13H20N2O3. The van der Waals surface area contributed by atoms with Crippen LogP contribution in [-0.4, -0.2) is 54.1 Å². The number of carbonyl (C=O) groups is 1. The first-order valence-electron chi connectivity index (χ1n) is 6.18. The third-order valence-electron chi connectivity index (χ3n) is 3.60. The molecule has 0 aliphatic carbocycles. The van der Waals surface area contributed by atoms with Gasteiger partial charge in [-0.2, -0.15) is 0 Å². The molecule has 1 aromatic rings. The molecule has 18 heavy (non-hydrogen) atoms. The number of carboxylic acids is 1. The third kappa shape index (κ3) is 2.73. The van der Waals surface area contributed by atoms with Crippen molar-refractivity contribution in [3.8, 4) is 0 Å². The number of rotatable bonds is 4. The molecule has 1 fully saturated rings. The molecule has 100 valence electrons. The molecule has 2 rings (SSSR count). The molecule has 0 saturated carbocycles. The molecule has 0 aromatic carbocycles. The SMILES string of the molecule is Cc1oc(C(=O)O)cc1CN1CCC(N(C)C)C1. The van der Waals surface area contributed by atoms with Crippen LogP contribution in [0.4, 0.5) is 0 Å². The molecule has 2 heterocycles. The number of hydrogen-bond acceptors (Lipinski definition) is 4. The highest BCUT2D eigenvalue weighted by Crippen LogP contribution is 2.20. The van der Waals surface area contributed by atoms with Crippen molar-refractivity contribution in [1.82, 2.24) is 9.80 Å². The molecule has 5 heteroatoms. The second-order valence-electron chi connectivity index (χ2n) is 5.14. The highest BCUT2D eigenvalue weighted by molar-refractivity contribution is 5.84. The van der Waals surface area contributed by atoms with E-state index >= 15 is 0 Å². The molecule has 0 amide bonds. The van der Waals surface area contributed by atoms with Gasteiger partial charge in [-0.1, -0.05) is 0 Å². The summed E-state index contributed by atoms with van der Waals surface area (Å²) >= 11 is 0. The van der Waals surface area contributed by atoms with Gasteiger partial charge in [0.05, 0.1) is 0 Å². The molecular weight excluding hydrogens is 232 g/mol. The van der Waals surface area contributed by atoms with Crippen LogP contribution in [0.15, 0.2) is 10.5 Å². The van der Waals surface area contributed by atoms with Crippen molar-refractivity contribution >= 4 is 5.97 Å². The highest BCUT2D eigenvalue weighted by atomic mass is 16.4. The fraction of sp³-hybridized carbons (Fsp3) is 0.615. The summed E-state index contributed by atoms with van der Waals surface area (Å²) in [5.74, 6) is -0.261. The average Bonchev–Trinajstić information content (AvgIpc) is 2.87. The molecule has 0 radical (unpaired) electrons. The zero-order chi connectivity index (χ0) is 13.3. The van der Waals surface area contributed by atoms with Gasteiger partial charge in [0, 0.05) is 31.2 Å². The van der Waals surface area contributed by atoms with E-state index in [1.807, 2.05) is 6.92 Å². The van der Waals surface area contributed by atoms with Crippen LogP contribution in [0.3, 0.4) is 0 Å². The Labute approximate surface area is 107 Å². The second kappa shape index (κ2) is 5.12. The lowest BCUT2D eigenvalue weighted by Gasteiger charge is -2.20. The zero-order valence-corrected chi connectivity index (χ0v) is 11.1. The van der Waals surface area contributed by atoms with Gasteiger partial charge >= 0.3 is 5.97 Å². The molecule has 5 nitrogen and oxygen atoms in total. The molecule has 1 N–H and O–H groups in total. The van der Waals surface area contributed by atoms with Crippen molar-refractivity contribution in [3.63, 3.8) is 0 Å². The van der Waals surface area contributed by atoms with Crippen LogP contribution in [0.2, 0.25) is 0 Å². The molecule has 1 unspecified atom stereocenters. The van der Waals surface area contributed by atoms with Gasteiger partial charge < -0.3 is 14.4 Å². The third-order valence-corrected chi connectivity index (χ3v) is 3.60. The maximum absolute atomic E-state index is 10.8. The molecule has 1 aromatic heterocycles. The van der Waals surface area contributed by atoms with Crippen LogP contribution in [-0.2, 0) is 6.54 Å². The van der Waals surface area contributed by atoms with Crippen molar-refractivity contribution in [1.29, 1.82) is 0 Å². The van der Waals surface area contributed by atoms with Crippen LogP contribution in [0.1, 0.15) is 28.3 Å². The summed E-state index contributed by atoms with van der Waals surface area (Å²) in [6.45, 7) is 4.67. The minimum Gasteiger partial charge on any atom is -0.475 e. The van der Waals surface area contributed by atoms with E-state index in [2.05, 4.69) is 23.9 Å². The van der Waals surface area contributed by atoms with E-state index in [0.717, 1.165) is 31.6 Å². The van der Waals surface area contributed by atoms with E-state index in [1.54, 1.807) is 6.07 Å². The maximum Gasteiger partial charge on any atom is 0.371 e. The topological polar surface area (TPSA) is 56.9 Å². The summed E-state index contributed by atoms with van der Waals surface area (Å²) in [5.41, 5.74) is 0.979. The van der Waals surface area contributed by atoms with Crippen LogP contribution in [0, 0.1) is 6.92 Å². The lowest BCUT2D eigenvalue weighted by atomic mass is 10.2. The predicted octanol–water partition coefficient (Wildman–Crippen LogP) is 1.42. The van der Waals surface area contributed by atoms with Gasteiger partial charge in [-0.15, -0.1) is 0 Å². The number of aromatic carboxylic acids is 1. The van der Waals surface area contributed by atoms with E-state index in [0.29, 0.717) is 11.8 Å². The number of furan rings is 1. The van der Waals surface area contributed by atoms with Crippen molar-refractivity contribution < 1.29 is 14.3 Å². The van der Waals surface area contributed by atoms with Crippen LogP contribution in [0.5, 0.6) is 0 Å². The number of aryl methyl sites for hydroxylation is 1. The van der Waals surface area contributed by atoms with Gasteiger partial charge in [0.15, 0.2) is 0 Å². The first-order chi connectivity index (χ1) is 8.47. The standard InChI is InChI=1S/C13H20N2O3/c1-9-10(6-12(18-9)13(16)17)7-15-5-4-11(8-15)14(2)3/h6,11H,4-5,7-8H2,1-3H3,(H,16,17). The van der Waals surface area contributed by atoms with E-state index in [1.165, 1.54) is 0 Å². The van der Waals surface area contributed by atoms with Gasteiger partial charge in [0.1, 0.15) is 5.76 Å². The molecule has 1 atom stereocenters. The lowest BCUT2D eigenvalue weighted by Crippen LogP contribution is -2.31. The Bertz CT molecular complexity index is 439. The van der Waals surface area contributed by atoms with Gasteiger partial charge in [-0.25, -0.2) is 4.79 Å². The lowest BCUT2D eigenvalue weighted by molar-refractivity contribution is 0.0661. The Morgan fingerprint density at radius 1 is 1.61 bits per heavy atom. The Morgan fingerprint density at radius 3 is 2.83 bits per heavy atom. The average molecular weight is 252 g/mol. The quantitative estimate of drug-likeness (QED) is 0.878. The summed E-state index contributed by atoms with van der Waals surface area (Å²) in [4.78, 5) is 15.4. The van der Waals surface area contributed by atoms with Crippen molar-refractivity contribution in [3.05, 3.63) is 23.2 Å². The zero-order valence-electron chi connectivity index (χ0n) is 11.1. The summed E-state index contributed by atoms with van der Waals surface area (Å²) in [6.07, 6.45) is 1.16. The molecule has 1 saturated heterocycles. The second-order valence-corrected chi connectivity index (χ2v) is 5.14. The number of nitrogens with zero attached hydrogens (tertiary/aromatic N) is 2. The predicted molar refractivity (Wildman–Crippen MR) is 67.8 cm³/mol.